The maximum atomic E-state index is 13.6. The van der Waals surface area contributed by atoms with Crippen molar-refractivity contribution < 1.29 is 23.9 Å². The number of carbonyl (C=O) groups excluding carboxylic acids is 3. The highest BCUT2D eigenvalue weighted by atomic mass is 79.9. The Balaban J connectivity index is 1.99. The Labute approximate surface area is 221 Å². The van der Waals surface area contributed by atoms with Crippen LogP contribution in [0.5, 0.6) is 0 Å². The molecule has 0 aliphatic carbocycles. The molecule has 8 heteroatoms. The van der Waals surface area contributed by atoms with Gasteiger partial charge in [0.2, 0.25) is 0 Å². The number of imide groups is 1. The van der Waals surface area contributed by atoms with Gasteiger partial charge in [-0.2, -0.15) is 0 Å². The summed E-state index contributed by atoms with van der Waals surface area (Å²) in [6, 6.07) is 14.3. The van der Waals surface area contributed by atoms with Crippen LogP contribution in [-0.4, -0.2) is 29.3 Å². The van der Waals surface area contributed by atoms with E-state index in [1.165, 1.54) is 0 Å². The molecular formula is C28H33BrN2O5. The maximum Gasteiger partial charge on any atom is 0.422 e. The molecule has 0 radical (unpaired) electrons. The molecule has 1 heterocycles. The molecule has 1 N–H and O–H groups in total. The lowest BCUT2D eigenvalue weighted by molar-refractivity contribution is -0.112. The lowest BCUT2D eigenvalue weighted by Crippen LogP contribution is -2.38. The average molecular weight is 557 g/mol. The summed E-state index contributed by atoms with van der Waals surface area (Å²) >= 11 is 3.44. The molecule has 3 rings (SSSR count). The van der Waals surface area contributed by atoms with Crippen molar-refractivity contribution in [3.05, 3.63) is 69.7 Å². The number of fused-ring (bicyclic) bond motifs is 1. The quantitative estimate of drug-likeness (QED) is 0.403. The van der Waals surface area contributed by atoms with Gasteiger partial charge in [0, 0.05) is 15.6 Å². The molecule has 0 fully saturated rings. The van der Waals surface area contributed by atoms with Crippen molar-refractivity contribution in [1.82, 2.24) is 5.32 Å². The second kappa shape index (κ2) is 10.5. The Morgan fingerprint density at radius 1 is 0.944 bits per heavy atom. The fraction of sp³-hybridized carbons (Fsp3) is 0.393. The van der Waals surface area contributed by atoms with Gasteiger partial charge in [0.25, 0.3) is 5.91 Å². The minimum atomic E-state index is -0.752. The molecule has 2 aromatic carbocycles. The van der Waals surface area contributed by atoms with E-state index in [1.807, 2.05) is 43.3 Å². The van der Waals surface area contributed by atoms with Crippen molar-refractivity contribution in [2.45, 2.75) is 72.1 Å². The van der Waals surface area contributed by atoms with E-state index in [4.69, 9.17) is 9.47 Å². The van der Waals surface area contributed by atoms with E-state index < -0.39 is 35.3 Å². The van der Waals surface area contributed by atoms with Gasteiger partial charge in [0.05, 0.1) is 11.7 Å². The van der Waals surface area contributed by atoms with Crippen LogP contribution in [0.1, 0.15) is 72.1 Å². The van der Waals surface area contributed by atoms with Crippen LogP contribution in [0.15, 0.2) is 58.6 Å². The van der Waals surface area contributed by atoms with Crippen LogP contribution < -0.4 is 10.2 Å². The number of nitrogens with zero attached hydrogens (tertiary/aromatic N) is 1. The summed E-state index contributed by atoms with van der Waals surface area (Å²) in [5, 5.41) is 2.94. The first kappa shape index (κ1) is 27.5. The minimum Gasteiger partial charge on any atom is -0.444 e. The number of nitrogens with one attached hydrogen (secondary N) is 1. The second-order valence-corrected chi connectivity index (χ2v) is 11.7. The average Bonchev–Trinajstić information content (AvgIpc) is 3.03. The van der Waals surface area contributed by atoms with Crippen molar-refractivity contribution in [2.24, 2.45) is 0 Å². The van der Waals surface area contributed by atoms with E-state index in [-0.39, 0.29) is 0 Å². The molecule has 1 atom stereocenters. The molecule has 36 heavy (non-hydrogen) atoms. The van der Waals surface area contributed by atoms with Crippen LogP contribution in [0, 0.1) is 0 Å². The predicted molar refractivity (Wildman–Crippen MR) is 144 cm³/mol. The van der Waals surface area contributed by atoms with Crippen molar-refractivity contribution in [1.29, 1.82) is 0 Å². The van der Waals surface area contributed by atoms with Crippen LogP contribution in [0.2, 0.25) is 0 Å². The normalized spacial score (nSPS) is 15.8. The van der Waals surface area contributed by atoms with Gasteiger partial charge in [-0.25, -0.2) is 14.5 Å². The van der Waals surface area contributed by atoms with E-state index in [1.54, 1.807) is 53.7 Å². The number of anilines is 1. The van der Waals surface area contributed by atoms with E-state index in [0.717, 1.165) is 20.5 Å². The molecule has 0 spiro atoms. The molecule has 2 aromatic rings. The Morgan fingerprint density at radius 2 is 1.53 bits per heavy atom. The van der Waals surface area contributed by atoms with Crippen LogP contribution in [-0.2, 0) is 14.3 Å². The first-order valence-electron chi connectivity index (χ1n) is 11.8. The summed E-state index contributed by atoms with van der Waals surface area (Å²) < 4.78 is 11.9. The number of ether oxygens (including phenoxy) is 2. The van der Waals surface area contributed by atoms with Crippen molar-refractivity contribution >= 4 is 45.3 Å². The van der Waals surface area contributed by atoms with Gasteiger partial charge in [-0.3, -0.25) is 4.79 Å². The monoisotopic (exact) mass is 556 g/mol. The first-order chi connectivity index (χ1) is 16.7. The summed E-state index contributed by atoms with van der Waals surface area (Å²) in [6.45, 7) is 12.5. The maximum absolute atomic E-state index is 13.6. The summed E-state index contributed by atoms with van der Waals surface area (Å²) in [6.07, 6.45) is -0.945. The lowest BCUT2D eigenvalue weighted by atomic mass is 9.94. The van der Waals surface area contributed by atoms with Gasteiger partial charge in [0.15, 0.2) is 0 Å². The Hall–Kier alpha value is -3.13. The number of para-hydroxylation sites is 1. The third kappa shape index (κ3) is 6.75. The number of hydrogen-bond acceptors (Lipinski definition) is 5. The first-order valence-corrected chi connectivity index (χ1v) is 12.6. The molecule has 7 nitrogen and oxygen atoms in total. The topological polar surface area (TPSA) is 84.9 Å². The third-order valence-corrected chi connectivity index (χ3v) is 5.84. The van der Waals surface area contributed by atoms with Gasteiger partial charge in [-0.05, 0) is 78.6 Å². The predicted octanol–water partition coefficient (Wildman–Crippen LogP) is 7.16. The number of amides is 3. The van der Waals surface area contributed by atoms with E-state index in [9.17, 15) is 14.4 Å². The van der Waals surface area contributed by atoms with Gasteiger partial charge in [0.1, 0.15) is 11.2 Å². The van der Waals surface area contributed by atoms with Gasteiger partial charge in [-0.15, -0.1) is 0 Å². The Bertz CT molecular complexity index is 1190. The standard InChI is InChI=1S/C28H33BrN2O5/c1-17(16-21(18-12-14-19(29)15-13-18)30-25(33)35-27(2,3)4)23-20-10-8-9-11-22(20)31(24(23)32)26(34)36-28(5,6)7/h8-15,21H,16H2,1-7H3,(H,30,33)/b23-17-. The largest absolute Gasteiger partial charge is 0.444 e. The van der Waals surface area contributed by atoms with Gasteiger partial charge in [-0.1, -0.05) is 51.8 Å². The molecule has 1 unspecified atom stereocenters. The highest BCUT2D eigenvalue weighted by Crippen LogP contribution is 2.41. The number of halogens is 1. The smallest absolute Gasteiger partial charge is 0.422 e. The lowest BCUT2D eigenvalue weighted by Gasteiger charge is -2.25. The zero-order chi connectivity index (χ0) is 26.8. The van der Waals surface area contributed by atoms with Crippen LogP contribution in [0.3, 0.4) is 0 Å². The zero-order valence-electron chi connectivity index (χ0n) is 21.8. The SMILES string of the molecule is C/C(CC(NC(=O)OC(C)(C)C)c1ccc(Br)cc1)=C1/C(=O)N(C(=O)OC(C)(C)C)c2ccccc21. The Kier molecular flexibility index (Phi) is 7.98. The molecular weight excluding hydrogens is 524 g/mol. The molecule has 0 saturated carbocycles. The summed E-state index contributed by atoms with van der Waals surface area (Å²) in [7, 11) is 0. The fourth-order valence-electron chi connectivity index (χ4n) is 3.92. The zero-order valence-corrected chi connectivity index (χ0v) is 23.4. The number of rotatable bonds is 4. The van der Waals surface area contributed by atoms with Crippen LogP contribution in [0.25, 0.3) is 5.57 Å². The number of benzene rings is 2. The van der Waals surface area contributed by atoms with Crippen molar-refractivity contribution in [2.75, 3.05) is 4.90 Å². The van der Waals surface area contributed by atoms with Gasteiger partial charge >= 0.3 is 12.2 Å². The molecule has 192 valence electrons. The number of carbonyl (C=O) groups is 3. The van der Waals surface area contributed by atoms with Crippen LogP contribution >= 0.6 is 15.9 Å². The molecule has 1 aliphatic heterocycles. The van der Waals surface area contributed by atoms with E-state index >= 15 is 0 Å². The highest BCUT2D eigenvalue weighted by molar-refractivity contribution is 9.10. The third-order valence-electron chi connectivity index (χ3n) is 5.31. The van der Waals surface area contributed by atoms with E-state index in [2.05, 4.69) is 21.2 Å². The number of hydrogen-bond donors (Lipinski definition) is 1. The minimum absolute atomic E-state index is 0.332. The highest BCUT2D eigenvalue weighted by Gasteiger charge is 2.40. The molecule has 0 aromatic heterocycles. The van der Waals surface area contributed by atoms with Crippen LogP contribution in [0.4, 0.5) is 15.3 Å². The summed E-state index contributed by atoms with van der Waals surface area (Å²) in [4.78, 5) is 40.2. The molecule has 0 saturated heterocycles. The molecule has 0 bridgehead atoms. The van der Waals surface area contributed by atoms with Crippen molar-refractivity contribution in [3.8, 4) is 0 Å². The summed E-state index contributed by atoms with van der Waals surface area (Å²) in [5.41, 5.74) is 1.72. The van der Waals surface area contributed by atoms with Gasteiger partial charge < -0.3 is 14.8 Å². The molecule has 1 aliphatic rings. The Morgan fingerprint density at radius 3 is 2.11 bits per heavy atom. The summed E-state index contributed by atoms with van der Waals surface area (Å²) in [5.74, 6) is -0.449. The van der Waals surface area contributed by atoms with Crippen molar-refractivity contribution in [3.63, 3.8) is 0 Å². The second-order valence-electron chi connectivity index (χ2n) is 10.7. The fourth-order valence-corrected chi connectivity index (χ4v) is 4.19. The molecule has 3 amide bonds. The number of alkyl carbamates (subject to hydrolysis) is 1. The van der Waals surface area contributed by atoms with E-state index in [0.29, 0.717) is 23.2 Å².